The highest BCUT2D eigenvalue weighted by Gasteiger charge is 2.38. The summed E-state index contributed by atoms with van der Waals surface area (Å²) in [4.78, 5) is 15.8. The van der Waals surface area contributed by atoms with Crippen molar-refractivity contribution in [1.82, 2.24) is 9.55 Å². The summed E-state index contributed by atoms with van der Waals surface area (Å²) in [5.41, 5.74) is -0.252. The summed E-state index contributed by atoms with van der Waals surface area (Å²) in [5, 5.41) is 9.15. The number of hydrogen-bond donors (Lipinski definition) is 1. The number of rotatable bonds is 2. The topological polar surface area (TPSA) is 55.1 Å². The summed E-state index contributed by atoms with van der Waals surface area (Å²) in [7, 11) is 0. The Morgan fingerprint density at radius 1 is 1.42 bits per heavy atom. The van der Waals surface area contributed by atoms with Gasteiger partial charge in [-0.15, -0.1) is 0 Å². The Hall–Kier alpha value is -1.41. The molecule has 1 atom stereocenters. The second-order valence-electron chi connectivity index (χ2n) is 3.92. The molecule has 0 saturated heterocycles. The quantitative estimate of drug-likeness (QED) is 0.913. The van der Waals surface area contributed by atoms with Crippen LogP contribution in [-0.4, -0.2) is 26.9 Å². The number of alkyl halides is 3. The minimum absolute atomic E-state index is 0.195. The second-order valence-corrected chi connectivity index (χ2v) is 4.84. The molecule has 0 aliphatic heterocycles. The van der Waals surface area contributed by atoms with Crippen LogP contribution in [0.5, 0.6) is 0 Å². The first-order valence-corrected chi connectivity index (χ1v) is 5.98. The van der Waals surface area contributed by atoms with Crippen molar-refractivity contribution in [1.29, 1.82) is 0 Å². The van der Waals surface area contributed by atoms with Crippen LogP contribution in [0, 0.1) is 0 Å². The van der Waals surface area contributed by atoms with Gasteiger partial charge in [-0.2, -0.15) is 13.2 Å². The Morgan fingerprint density at radius 3 is 2.74 bits per heavy atom. The molecule has 1 N–H and O–H groups in total. The van der Waals surface area contributed by atoms with Crippen LogP contribution in [0.2, 0.25) is 0 Å². The molecule has 1 aromatic carbocycles. The summed E-state index contributed by atoms with van der Waals surface area (Å²) in [6.45, 7) is -0.874. The lowest BCUT2D eigenvalue weighted by Crippen LogP contribution is -2.36. The molecule has 4 nitrogen and oxygen atoms in total. The molecule has 0 amide bonds. The highest BCUT2D eigenvalue weighted by atomic mass is 79.9. The zero-order valence-corrected chi connectivity index (χ0v) is 10.9. The number of hydrogen-bond acceptors (Lipinski definition) is 3. The van der Waals surface area contributed by atoms with Gasteiger partial charge in [0, 0.05) is 4.47 Å². The lowest BCUT2D eigenvalue weighted by molar-refractivity contribution is -0.207. The molecule has 2 aromatic rings. The molecule has 1 heterocycles. The lowest BCUT2D eigenvalue weighted by Gasteiger charge is -2.15. The summed E-state index contributed by atoms with van der Waals surface area (Å²) in [6.07, 6.45) is -6.37. The number of benzene rings is 1. The van der Waals surface area contributed by atoms with Crippen molar-refractivity contribution < 1.29 is 18.3 Å². The van der Waals surface area contributed by atoms with Gasteiger partial charge in [-0.3, -0.25) is 9.36 Å². The van der Waals surface area contributed by atoms with E-state index in [4.69, 9.17) is 5.11 Å². The minimum Gasteiger partial charge on any atom is -0.382 e. The standard InChI is InChI=1S/C11H8BrF3N2O2/c12-6-1-2-7-8(3-6)16-5-17(10(7)19)4-9(18)11(13,14)15/h1-3,5,9,18H,4H2/t9-/m0/s1. The maximum absolute atomic E-state index is 12.2. The lowest BCUT2D eigenvalue weighted by atomic mass is 10.2. The molecule has 19 heavy (non-hydrogen) atoms. The van der Waals surface area contributed by atoms with Crippen molar-refractivity contribution in [2.24, 2.45) is 0 Å². The van der Waals surface area contributed by atoms with Crippen molar-refractivity contribution in [2.75, 3.05) is 0 Å². The zero-order chi connectivity index (χ0) is 14.2. The molecule has 1 aromatic heterocycles. The van der Waals surface area contributed by atoms with E-state index in [9.17, 15) is 18.0 Å². The number of halogens is 4. The Labute approximate surface area is 113 Å². The van der Waals surface area contributed by atoms with Gasteiger partial charge in [0.15, 0.2) is 6.10 Å². The predicted molar refractivity (Wildman–Crippen MR) is 65.8 cm³/mol. The van der Waals surface area contributed by atoms with E-state index in [1.54, 1.807) is 12.1 Å². The fourth-order valence-corrected chi connectivity index (χ4v) is 1.90. The summed E-state index contributed by atoms with van der Waals surface area (Å²) >= 11 is 3.20. The van der Waals surface area contributed by atoms with E-state index in [1.165, 1.54) is 6.07 Å². The molecular weight excluding hydrogens is 329 g/mol. The van der Waals surface area contributed by atoms with Crippen molar-refractivity contribution in [3.63, 3.8) is 0 Å². The monoisotopic (exact) mass is 336 g/mol. The van der Waals surface area contributed by atoms with Gasteiger partial charge in [0.05, 0.1) is 23.8 Å². The van der Waals surface area contributed by atoms with Gasteiger partial charge in [-0.1, -0.05) is 15.9 Å². The fourth-order valence-electron chi connectivity index (χ4n) is 1.55. The van der Waals surface area contributed by atoms with E-state index >= 15 is 0 Å². The smallest absolute Gasteiger partial charge is 0.382 e. The van der Waals surface area contributed by atoms with Gasteiger partial charge in [0.25, 0.3) is 5.56 Å². The maximum Gasteiger partial charge on any atom is 0.416 e. The summed E-state index contributed by atoms with van der Waals surface area (Å²) in [6, 6.07) is 4.64. The number of fused-ring (bicyclic) bond motifs is 1. The predicted octanol–water partition coefficient (Wildman–Crippen LogP) is 2.08. The zero-order valence-electron chi connectivity index (χ0n) is 9.36. The largest absolute Gasteiger partial charge is 0.416 e. The van der Waals surface area contributed by atoms with E-state index in [2.05, 4.69) is 20.9 Å². The number of nitrogens with zero attached hydrogens (tertiary/aromatic N) is 2. The molecule has 8 heteroatoms. The van der Waals surface area contributed by atoms with Crippen LogP contribution in [0.15, 0.2) is 33.8 Å². The van der Waals surface area contributed by atoms with Gasteiger partial charge >= 0.3 is 6.18 Å². The third-order valence-corrected chi connectivity index (χ3v) is 3.03. The van der Waals surface area contributed by atoms with Gasteiger partial charge in [0.1, 0.15) is 0 Å². The first-order chi connectivity index (χ1) is 8.79. The van der Waals surface area contributed by atoms with Crippen molar-refractivity contribution in [2.45, 2.75) is 18.8 Å². The van der Waals surface area contributed by atoms with E-state index in [0.29, 0.717) is 9.99 Å². The minimum atomic E-state index is -4.77. The maximum atomic E-state index is 12.2. The Morgan fingerprint density at radius 2 is 2.11 bits per heavy atom. The van der Waals surface area contributed by atoms with Gasteiger partial charge in [0.2, 0.25) is 0 Å². The molecule has 0 saturated carbocycles. The molecule has 0 spiro atoms. The second kappa shape index (κ2) is 4.93. The fraction of sp³-hybridized carbons (Fsp3) is 0.273. The average Bonchev–Trinajstić information content (AvgIpc) is 2.31. The summed E-state index contributed by atoms with van der Waals surface area (Å²) < 4.78 is 38.2. The van der Waals surface area contributed by atoms with E-state index in [1.807, 2.05) is 0 Å². The van der Waals surface area contributed by atoms with E-state index < -0.39 is 24.4 Å². The molecule has 0 radical (unpaired) electrons. The van der Waals surface area contributed by atoms with Gasteiger partial charge in [-0.05, 0) is 18.2 Å². The van der Waals surface area contributed by atoms with Gasteiger partial charge in [-0.25, -0.2) is 4.98 Å². The number of aliphatic hydroxyl groups is 1. The SMILES string of the molecule is O=c1c2ccc(Br)cc2ncn1C[C@H](O)C(F)(F)F. The Balaban J connectivity index is 2.44. The van der Waals surface area contributed by atoms with Crippen LogP contribution in [-0.2, 0) is 6.54 Å². The Kier molecular flexibility index (Phi) is 3.64. The molecule has 0 aliphatic rings. The molecule has 102 valence electrons. The van der Waals surface area contributed by atoms with Crippen LogP contribution in [0.1, 0.15) is 0 Å². The van der Waals surface area contributed by atoms with Crippen molar-refractivity contribution in [3.8, 4) is 0 Å². The highest BCUT2D eigenvalue weighted by molar-refractivity contribution is 9.10. The van der Waals surface area contributed by atoms with Gasteiger partial charge < -0.3 is 5.11 Å². The third-order valence-electron chi connectivity index (χ3n) is 2.53. The van der Waals surface area contributed by atoms with Crippen LogP contribution >= 0.6 is 15.9 Å². The van der Waals surface area contributed by atoms with E-state index in [-0.39, 0.29) is 5.39 Å². The number of aromatic nitrogens is 2. The molecule has 0 fully saturated rings. The molecule has 2 rings (SSSR count). The highest BCUT2D eigenvalue weighted by Crippen LogP contribution is 2.21. The van der Waals surface area contributed by atoms with Crippen LogP contribution in [0.3, 0.4) is 0 Å². The van der Waals surface area contributed by atoms with Crippen LogP contribution in [0.25, 0.3) is 10.9 Å². The van der Waals surface area contributed by atoms with Crippen LogP contribution in [0.4, 0.5) is 13.2 Å². The molecule has 0 bridgehead atoms. The van der Waals surface area contributed by atoms with Crippen molar-refractivity contribution in [3.05, 3.63) is 39.4 Å². The first-order valence-electron chi connectivity index (χ1n) is 5.18. The van der Waals surface area contributed by atoms with Crippen LogP contribution < -0.4 is 5.56 Å². The Bertz CT molecular complexity index is 669. The van der Waals surface area contributed by atoms with E-state index in [0.717, 1.165) is 10.9 Å². The first kappa shape index (κ1) is 14.0. The average molecular weight is 337 g/mol. The third kappa shape index (κ3) is 2.95. The number of aliphatic hydroxyl groups excluding tert-OH is 1. The molecule has 0 unspecified atom stereocenters. The van der Waals surface area contributed by atoms with Crippen molar-refractivity contribution >= 4 is 26.8 Å². The normalized spacial score (nSPS) is 13.7. The summed E-state index contributed by atoms with van der Waals surface area (Å²) in [5.74, 6) is 0. The molecule has 0 aliphatic carbocycles. The molecular formula is C11H8BrF3N2O2.